The quantitative estimate of drug-likeness (QED) is 0.783. The highest BCUT2D eigenvalue weighted by molar-refractivity contribution is 8.00. The highest BCUT2D eigenvalue weighted by atomic mass is 35.5. The summed E-state index contributed by atoms with van der Waals surface area (Å²) in [6, 6.07) is 0.515. The monoisotopic (exact) mass is 329 g/mol. The maximum atomic E-state index is 6.58. The highest BCUT2D eigenvalue weighted by Crippen LogP contribution is 2.32. The van der Waals surface area contributed by atoms with Crippen molar-refractivity contribution in [1.82, 2.24) is 15.1 Å². The predicted octanol–water partition coefficient (Wildman–Crippen LogP) is 3.93. The molecular weight excluding hydrogens is 302 g/mol. The molecule has 1 fully saturated rings. The maximum Gasteiger partial charge on any atom is 0.0850 e. The maximum absolute atomic E-state index is 6.58. The summed E-state index contributed by atoms with van der Waals surface area (Å²) in [5.74, 6) is 1.30. The molecule has 0 bridgehead atoms. The molecule has 120 valence electrons. The fourth-order valence-corrected chi connectivity index (χ4v) is 4.75. The molecule has 2 heterocycles. The Morgan fingerprint density at radius 2 is 2.24 bits per heavy atom. The zero-order valence-electron chi connectivity index (χ0n) is 13.5. The summed E-state index contributed by atoms with van der Waals surface area (Å²) in [7, 11) is 0. The third-order valence-electron chi connectivity index (χ3n) is 4.18. The summed E-state index contributed by atoms with van der Waals surface area (Å²) in [4.78, 5) is 0. The second-order valence-electron chi connectivity index (χ2n) is 5.69. The average Bonchev–Trinajstić information content (AvgIpc) is 3.12. The smallest absolute Gasteiger partial charge is 0.0850 e. The molecule has 0 aromatic carbocycles. The Balaban J connectivity index is 2.16. The van der Waals surface area contributed by atoms with Crippen LogP contribution in [0.3, 0.4) is 0 Å². The van der Waals surface area contributed by atoms with Crippen molar-refractivity contribution in [2.75, 3.05) is 12.3 Å². The van der Waals surface area contributed by atoms with Crippen molar-refractivity contribution in [1.29, 1.82) is 0 Å². The van der Waals surface area contributed by atoms with Gasteiger partial charge in [-0.05, 0) is 44.9 Å². The molecule has 2 unspecified atom stereocenters. The molecule has 0 radical (unpaired) electrons. The zero-order valence-corrected chi connectivity index (χ0v) is 15.1. The van der Waals surface area contributed by atoms with Crippen LogP contribution in [0.5, 0.6) is 0 Å². The molecule has 3 nitrogen and oxygen atoms in total. The van der Waals surface area contributed by atoms with Gasteiger partial charge >= 0.3 is 0 Å². The van der Waals surface area contributed by atoms with Crippen LogP contribution >= 0.6 is 23.4 Å². The van der Waals surface area contributed by atoms with Gasteiger partial charge in [0.2, 0.25) is 0 Å². The molecule has 1 N–H and O–H groups in total. The fraction of sp³-hybridized carbons (Fsp3) is 0.812. The molecule has 21 heavy (non-hydrogen) atoms. The van der Waals surface area contributed by atoms with Gasteiger partial charge in [0.1, 0.15) is 0 Å². The first-order valence-electron chi connectivity index (χ1n) is 8.30. The van der Waals surface area contributed by atoms with E-state index in [-0.39, 0.29) is 0 Å². The SMILES string of the molecule is CCCNC(Cc1c(Cl)c(CC)nn1CC)C1CCCS1. The number of rotatable bonds is 8. The number of halogens is 1. The predicted molar refractivity (Wildman–Crippen MR) is 93.6 cm³/mol. The van der Waals surface area contributed by atoms with Crippen LogP contribution < -0.4 is 5.32 Å². The summed E-state index contributed by atoms with van der Waals surface area (Å²) in [5, 5.41) is 10.0. The van der Waals surface area contributed by atoms with Crippen LogP contribution in [0.15, 0.2) is 0 Å². The Labute approximate surface area is 138 Å². The van der Waals surface area contributed by atoms with Crippen LogP contribution in [0.4, 0.5) is 0 Å². The topological polar surface area (TPSA) is 29.9 Å². The number of thioether (sulfide) groups is 1. The van der Waals surface area contributed by atoms with E-state index in [1.807, 2.05) is 0 Å². The number of nitrogens with zero attached hydrogens (tertiary/aromatic N) is 2. The van der Waals surface area contributed by atoms with Crippen molar-refractivity contribution in [3.8, 4) is 0 Å². The Hall–Kier alpha value is -0.190. The molecule has 1 saturated heterocycles. The zero-order chi connectivity index (χ0) is 15.2. The molecule has 0 saturated carbocycles. The van der Waals surface area contributed by atoms with Crippen LogP contribution in [0.25, 0.3) is 0 Å². The molecule has 2 atom stereocenters. The van der Waals surface area contributed by atoms with Crippen molar-refractivity contribution in [2.45, 2.75) is 70.7 Å². The molecule has 5 heteroatoms. The average molecular weight is 330 g/mol. The van der Waals surface area contributed by atoms with Gasteiger partial charge in [0.05, 0.1) is 16.4 Å². The third-order valence-corrected chi connectivity index (χ3v) is 6.13. The molecule has 1 aromatic heterocycles. The van der Waals surface area contributed by atoms with E-state index >= 15 is 0 Å². The first kappa shape index (κ1) is 17.2. The molecule has 0 spiro atoms. The van der Waals surface area contributed by atoms with E-state index in [2.05, 4.69) is 47.6 Å². The van der Waals surface area contributed by atoms with Gasteiger partial charge in [-0.3, -0.25) is 4.68 Å². The molecule has 1 aromatic rings. The summed E-state index contributed by atoms with van der Waals surface area (Å²) < 4.78 is 2.10. The lowest BCUT2D eigenvalue weighted by molar-refractivity contribution is 0.465. The van der Waals surface area contributed by atoms with E-state index in [9.17, 15) is 0 Å². The normalized spacial score (nSPS) is 20.1. The minimum absolute atomic E-state index is 0.515. The van der Waals surface area contributed by atoms with E-state index in [1.165, 1.54) is 30.7 Å². The minimum atomic E-state index is 0.515. The Morgan fingerprint density at radius 3 is 2.81 bits per heavy atom. The van der Waals surface area contributed by atoms with E-state index < -0.39 is 0 Å². The van der Waals surface area contributed by atoms with Crippen molar-refractivity contribution >= 4 is 23.4 Å². The Morgan fingerprint density at radius 1 is 1.43 bits per heavy atom. The highest BCUT2D eigenvalue weighted by Gasteiger charge is 2.28. The first-order chi connectivity index (χ1) is 10.2. The summed E-state index contributed by atoms with van der Waals surface area (Å²) in [6.07, 6.45) is 5.75. The number of hydrogen-bond donors (Lipinski definition) is 1. The lowest BCUT2D eigenvalue weighted by Crippen LogP contribution is -2.40. The van der Waals surface area contributed by atoms with Crippen LogP contribution in [0.2, 0.25) is 5.02 Å². The molecule has 2 rings (SSSR count). The van der Waals surface area contributed by atoms with Gasteiger partial charge in [-0.25, -0.2) is 0 Å². The van der Waals surface area contributed by atoms with Crippen molar-refractivity contribution in [2.24, 2.45) is 0 Å². The van der Waals surface area contributed by atoms with Crippen molar-refractivity contribution in [3.63, 3.8) is 0 Å². The lowest BCUT2D eigenvalue weighted by atomic mass is 10.0. The summed E-state index contributed by atoms with van der Waals surface area (Å²) in [5.41, 5.74) is 2.26. The van der Waals surface area contributed by atoms with Gasteiger partial charge in [0, 0.05) is 24.3 Å². The fourth-order valence-electron chi connectivity index (χ4n) is 3.01. The second-order valence-corrected chi connectivity index (χ2v) is 7.42. The van der Waals surface area contributed by atoms with E-state index in [0.717, 1.165) is 41.9 Å². The molecule has 1 aliphatic heterocycles. The van der Waals surface area contributed by atoms with Gasteiger partial charge in [-0.15, -0.1) is 0 Å². The lowest BCUT2D eigenvalue weighted by Gasteiger charge is -2.24. The van der Waals surface area contributed by atoms with Crippen LogP contribution in [0, 0.1) is 0 Å². The van der Waals surface area contributed by atoms with Crippen LogP contribution in [-0.4, -0.2) is 33.4 Å². The summed E-state index contributed by atoms with van der Waals surface area (Å²) >= 11 is 8.69. The number of nitrogens with one attached hydrogen (secondary N) is 1. The molecular formula is C16H28ClN3S. The summed E-state index contributed by atoms with van der Waals surface area (Å²) in [6.45, 7) is 8.47. The van der Waals surface area contributed by atoms with Gasteiger partial charge < -0.3 is 5.32 Å². The van der Waals surface area contributed by atoms with Crippen LogP contribution in [0.1, 0.15) is 51.4 Å². The van der Waals surface area contributed by atoms with Gasteiger partial charge in [0.15, 0.2) is 0 Å². The van der Waals surface area contributed by atoms with Crippen LogP contribution in [-0.2, 0) is 19.4 Å². The number of hydrogen-bond acceptors (Lipinski definition) is 3. The van der Waals surface area contributed by atoms with Crippen molar-refractivity contribution in [3.05, 3.63) is 16.4 Å². The number of aryl methyl sites for hydroxylation is 2. The third kappa shape index (κ3) is 4.17. The number of aromatic nitrogens is 2. The van der Waals surface area contributed by atoms with E-state index in [1.54, 1.807) is 0 Å². The Kier molecular flexibility index (Phi) is 6.90. The molecule has 0 aliphatic carbocycles. The standard InChI is InChI=1S/C16H28ClN3S/c1-4-9-18-13(15-8-7-10-21-15)11-14-16(17)12(5-2)19-20(14)6-3/h13,15,18H,4-11H2,1-3H3. The first-order valence-corrected chi connectivity index (χ1v) is 9.72. The van der Waals surface area contributed by atoms with Gasteiger partial charge in [0.25, 0.3) is 0 Å². The molecule has 0 amide bonds. The minimum Gasteiger partial charge on any atom is -0.312 e. The largest absolute Gasteiger partial charge is 0.312 e. The van der Waals surface area contributed by atoms with E-state index in [0.29, 0.717) is 6.04 Å². The van der Waals surface area contributed by atoms with Gasteiger partial charge in [-0.1, -0.05) is 25.4 Å². The van der Waals surface area contributed by atoms with E-state index in [4.69, 9.17) is 11.6 Å². The van der Waals surface area contributed by atoms with Gasteiger partial charge in [-0.2, -0.15) is 16.9 Å². The second kappa shape index (κ2) is 8.44. The Bertz CT molecular complexity index is 441. The molecule has 1 aliphatic rings. The van der Waals surface area contributed by atoms with Crippen molar-refractivity contribution < 1.29 is 0 Å².